The van der Waals surface area contributed by atoms with Crippen LogP contribution in [0, 0.1) is 5.92 Å². The molecule has 1 aliphatic carbocycles. The fraction of sp³-hybridized carbons (Fsp3) is 0.889. The van der Waals surface area contributed by atoms with Crippen LogP contribution in [-0.4, -0.2) is 18.5 Å². The van der Waals surface area contributed by atoms with E-state index >= 15 is 0 Å². The molecule has 0 bridgehead atoms. The van der Waals surface area contributed by atoms with Gasteiger partial charge in [0.25, 0.3) is 0 Å². The van der Waals surface area contributed by atoms with E-state index in [1.165, 1.54) is 12.8 Å². The van der Waals surface area contributed by atoms with Crippen LogP contribution >= 0.6 is 0 Å². The first-order valence-electron chi connectivity index (χ1n) is 4.50. The van der Waals surface area contributed by atoms with Gasteiger partial charge in [0.05, 0.1) is 0 Å². The van der Waals surface area contributed by atoms with Crippen molar-refractivity contribution in [2.24, 2.45) is 5.92 Å². The summed E-state index contributed by atoms with van der Waals surface area (Å²) in [5.74, 6) is 1.07. The summed E-state index contributed by atoms with van der Waals surface area (Å²) in [5.41, 5.74) is 0. The third kappa shape index (κ3) is 1.80. The summed E-state index contributed by atoms with van der Waals surface area (Å²) in [6, 6.07) is 0. The average molecular weight is 154 g/mol. The van der Waals surface area contributed by atoms with Crippen LogP contribution < -0.4 is 0 Å². The highest BCUT2D eigenvalue weighted by Crippen LogP contribution is 2.33. The minimum absolute atomic E-state index is 0.0319. The number of carbonyl (C=O) groups is 1. The van der Waals surface area contributed by atoms with Crippen molar-refractivity contribution in [2.75, 3.05) is 6.61 Å². The van der Waals surface area contributed by atoms with Crippen LogP contribution in [0.3, 0.4) is 0 Å². The Kier molecular flexibility index (Phi) is 1.95. The van der Waals surface area contributed by atoms with Crippen LogP contribution in [0.15, 0.2) is 0 Å². The van der Waals surface area contributed by atoms with E-state index in [9.17, 15) is 4.79 Å². The van der Waals surface area contributed by atoms with E-state index in [-0.39, 0.29) is 6.10 Å². The molecule has 2 fully saturated rings. The lowest BCUT2D eigenvalue weighted by Gasteiger charge is -2.06. The molecule has 11 heavy (non-hydrogen) atoms. The Morgan fingerprint density at radius 3 is 2.73 bits per heavy atom. The maximum atomic E-state index is 11.4. The molecule has 1 heterocycles. The fourth-order valence-electron chi connectivity index (χ4n) is 1.57. The lowest BCUT2D eigenvalue weighted by molar-refractivity contribution is -0.128. The third-order valence-electron chi connectivity index (χ3n) is 2.48. The lowest BCUT2D eigenvalue weighted by atomic mass is 10.1. The van der Waals surface area contributed by atoms with E-state index in [0.29, 0.717) is 11.7 Å². The van der Waals surface area contributed by atoms with Crippen LogP contribution in [0.5, 0.6) is 0 Å². The van der Waals surface area contributed by atoms with Gasteiger partial charge < -0.3 is 4.74 Å². The van der Waals surface area contributed by atoms with Gasteiger partial charge >= 0.3 is 0 Å². The molecule has 62 valence electrons. The number of hydrogen-bond acceptors (Lipinski definition) is 2. The lowest BCUT2D eigenvalue weighted by Crippen LogP contribution is -2.19. The Labute approximate surface area is 66.9 Å². The first-order valence-corrected chi connectivity index (χ1v) is 4.50. The molecule has 1 saturated heterocycles. The van der Waals surface area contributed by atoms with E-state index in [1.54, 1.807) is 0 Å². The number of carbonyl (C=O) groups excluding carboxylic acids is 1. The summed E-state index contributed by atoms with van der Waals surface area (Å²) in [4.78, 5) is 11.4. The molecule has 0 amide bonds. The highest BCUT2D eigenvalue weighted by atomic mass is 16.5. The molecular formula is C9H14O2. The summed E-state index contributed by atoms with van der Waals surface area (Å²) in [6.45, 7) is 0.793. The smallest absolute Gasteiger partial charge is 0.161 e. The molecule has 1 aliphatic heterocycles. The second-order valence-corrected chi connectivity index (χ2v) is 3.62. The van der Waals surface area contributed by atoms with Gasteiger partial charge in [0.15, 0.2) is 5.78 Å². The Bertz CT molecular complexity index is 155. The minimum atomic E-state index is -0.0319. The van der Waals surface area contributed by atoms with E-state index in [0.717, 1.165) is 25.9 Å². The van der Waals surface area contributed by atoms with E-state index in [2.05, 4.69) is 0 Å². The number of ether oxygens (including phenoxy) is 1. The van der Waals surface area contributed by atoms with E-state index < -0.39 is 0 Å². The summed E-state index contributed by atoms with van der Waals surface area (Å²) in [6.07, 6.45) is 5.31. The zero-order chi connectivity index (χ0) is 7.68. The van der Waals surface area contributed by atoms with Crippen molar-refractivity contribution in [3.8, 4) is 0 Å². The van der Waals surface area contributed by atoms with Crippen LogP contribution in [-0.2, 0) is 9.53 Å². The van der Waals surface area contributed by atoms with Crippen molar-refractivity contribution in [3.05, 3.63) is 0 Å². The number of rotatable bonds is 3. The quantitative estimate of drug-likeness (QED) is 0.616. The van der Waals surface area contributed by atoms with Gasteiger partial charge in [-0.05, 0) is 31.6 Å². The van der Waals surface area contributed by atoms with Gasteiger partial charge in [0, 0.05) is 13.0 Å². The monoisotopic (exact) mass is 154 g/mol. The maximum absolute atomic E-state index is 11.4. The first-order chi connectivity index (χ1) is 5.36. The van der Waals surface area contributed by atoms with Crippen LogP contribution in [0.4, 0.5) is 0 Å². The highest BCUT2D eigenvalue weighted by molar-refractivity contribution is 5.83. The number of ketones is 1. The minimum Gasteiger partial charge on any atom is -0.370 e. The molecule has 1 saturated carbocycles. The Balaban J connectivity index is 1.77. The van der Waals surface area contributed by atoms with Gasteiger partial charge in [-0.3, -0.25) is 4.79 Å². The van der Waals surface area contributed by atoms with Crippen LogP contribution in [0.1, 0.15) is 32.1 Å². The molecule has 2 nitrogen and oxygen atoms in total. The van der Waals surface area contributed by atoms with Crippen molar-refractivity contribution in [3.63, 3.8) is 0 Å². The Morgan fingerprint density at radius 2 is 2.18 bits per heavy atom. The van der Waals surface area contributed by atoms with Gasteiger partial charge in [-0.1, -0.05) is 0 Å². The van der Waals surface area contributed by atoms with Crippen LogP contribution in [0.2, 0.25) is 0 Å². The molecule has 1 unspecified atom stereocenters. The normalized spacial score (nSPS) is 30.7. The molecule has 0 aromatic carbocycles. The summed E-state index contributed by atoms with van der Waals surface area (Å²) >= 11 is 0. The molecule has 2 rings (SSSR count). The van der Waals surface area contributed by atoms with Gasteiger partial charge in [-0.2, -0.15) is 0 Å². The Morgan fingerprint density at radius 1 is 1.36 bits per heavy atom. The van der Waals surface area contributed by atoms with Crippen molar-refractivity contribution < 1.29 is 9.53 Å². The molecule has 0 N–H and O–H groups in total. The van der Waals surface area contributed by atoms with Gasteiger partial charge in [-0.25, -0.2) is 0 Å². The second kappa shape index (κ2) is 2.94. The summed E-state index contributed by atoms with van der Waals surface area (Å²) in [5, 5.41) is 0. The highest BCUT2D eigenvalue weighted by Gasteiger charge is 2.30. The largest absolute Gasteiger partial charge is 0.370 e. The third-order valence-corrected chi connectivity index (χ3v) is 2.48. The van der Waals surface area contributed by atoms with Crippen molar-refractivity contribution in [2.45, 2.75) is 38.2 Å². The van der Waals surface area contributed by atoms with Gasteiger partial charge in [0.2, 0.25) is 0 Å². The molecule has 2 aliphatic rings. The molecule has 2 heteroatoms. The molecule has 1 atom stereocenters. The molecule has 0 aromatic rings. The summed E-state index contributed by atoms with van der Waals surface area (Å²) in [7, 11) is 0. The van der Waals surface area contributed by atoms with Crippen molar-refractivity contribution in [1.29, 1.82) is 0 Å². The number of hydrogen-bond donors (Lipinski definition) is 0. The van der Waals surface area contributed by atoms with Gasteiger partial charge in [0.1, 0.15) is 6.10 Å². The predicted octanol–water partition coefficient (Wildman–Crippen LogP) is 1.53. The molecule has 0 radical (unpaired) electrons. The number of Topliss-reactive ketones (excluding diaryl/α,β-unsaturated/α-hetero) is 1. The van der Waals surface area contributed by atoms with E-state index in [4.69, 9.17) is 4.74 Å². The predicted molar refractivity (Wildman–Crippen MR) is 41.3 cm³/mol. The fourth-order valence-corrected chi connectivity index (χ4v) is 1.57. The first kappa shape index (κ1) is 7.29. The zero-order valence-corrected chi connectivity index (χ0v) is 6.71. The molecule has 0 spiro atoms. The SMILES string of the molecule is O=C(CC1CC1)C1CCCO1. The standard InChI is InChI=1S/C9H14O2/c10-8(6-7-3-4-7)9-2-1-5-11-9/h7,9H,1-6H2. The van der Waals surface area contributed by atoms with Gasteiger partial charge in [-0.15, -0.1) is 0 Å². The summed E-state index contributed by atoms with van der Waals surface area (Å²) < 4.78 is 5.29. The molecular weight excluding hydrogens is 140 g/mol. The average Bonchev–Trinajstić information content (AvgIpc) is 2.67. The Hall–Kier alpha value is -0.370. The maximum Gasteiger partial charge on any atom is 0.161 e. The zero-order valence-electron chi connectivity index (χ0n) is 6.71. The van der Waals surface area contributed by atoms with Crippen molar-refractivity contribution in [1.82, 2.24) is 0 Å². The molecule has 0 aromatic heterocycles. The van der Waals surface area contributed by atoms with Crippen molar-refractivity contribution >= 4 is 5.78 Å². The van der Waals surface area contributed by atoms with Crippen LogP contribution in [0.25, 0.3) is 0 Å². The topological polar surface area (TPSA) is 26.3 Å². The van der Waals surface area contributed by atoms with E-state index in [1.807, 2.05) is 0 Å². The second-order valence-electron chi connectivity index (χ2n) is 3.62.